The van der Waals surface area contributed by atoms with Gasteiger partial charge in [0.1, 0.15) is 18.7 Å². The minimum Gasteiger partial charge on any atom is -0.445 e. The smallest absolute Gasteiger partial charge is 0.408 e. The molecule has 2 rings (SSSR count). The van der Waals surface area contributed by atoms with Crippen molar-refractivity contribution in [3.63, 3.8) is 0 Å². The predicted octanol–water partition coefficient (Wildman–Crippen LogP) is 3.97. The third-order valence-corrected chi connectivity index (χ3v) is 5.27. The highest BCUT2D eigenvalue weighted by molar-refractivity contribution is 5.91. The van der Waals surface area contributed by atoms with Crippen molar-refractivity contribution in [1.29, 1.82) is 0 Å². The maximum Gasteiger partial charge on any atom is 0.408 e. The number of carbonyl (C=O) groups excluding carboxylic acids is 3. The van der Waals surface area contributed by atoms with E-state index in [0.717, 1.165) is 24.0 Å². The molecule has 2 aromatic carbocycles. The van der Waals surface area contributed by atoms with Gasteiger partial charge in [0, 0.05) is 13.0 Å². The Balaban J connectivity index is 2.04. The molecule has 0 aliphatic rings. The fourth-order valence-corrected chi connectivity index (χ4v) is 3.45. The molecule has 3 amide bonds. The van der Waals surface area contributed by atoms with Gasteiger partial charge in [0.15, 0.2) is 0 Å². The van der Waals surface area contributed by atoms with Crippen LogP contribution in [0.5, 0.6) is 0 Å². The van der Waals surface area contributed by atoms with Crippen molar-refractivity contribution in [2.75, 3.05) is 6.54 Å². The number of amides is 3. The fraction of sp³-hybridized carbons (Fsp3) is 0.444. The zero-order chi connectivity index (χ0) is 24.8. The number of ether oxygens (including phenoxy) is 1. The summed E-state index contributed by atoms with van der Waals surface area (Å²) in [5.74, 6) is -0.492. The molecule has 0 heterocycles. The van der Waals surface area contributed by atoms with E-state index in [4.69, 9.17) is 4.74 Å². The molecule has 0 radical (unpaired) electrons. The molecule has 7 heteroatoms. The maximum atomic E-state index is 13.2. The fourth-order valence-electron chi connectivity index (χ4n) is 3.45. The Morgan fingerprint density at radius 2 is 1.44 bits per heavy atom. The van der Waals surface area contributed by atoms with Crippen LogP contribution in [0.25, 0.3) is 0 Å². The van der Waals surface area contributed by atoms with Crippen LogP contribution in [0.1, 0.15) is 51.2 Å². The van der Waals surface area contributed by atoms with Crippen LogP contribution in [0.2, 0.25) is 0 Å². The van der Waals surface area contributed by atoms with Crippen molar-refractivity contribution in [1.82, 2.24) is 16.0 Å². The highest BCUT2D eigenvalue weighted by Gasteiger charge is 2.28. The van der Waals surface area contributed by atoms with Crippen LogP contribution in [0.15, 0.2) is 60.7 Å². The Hall–Kier alpha value is -3.35. The molecule has 0 aliphatic carbocycles. The van der Waals surface area contributed by atoms with Gasteiger partial charge < -0.3 is 20.7 Å². The van der Waals surface area contributed by atoms with Crippen molar-refractivity contribution in [3.8, 4) is 0 Å². The lowest BCUT2D eigenvalue weighted by Crippen LogP contribution is -2.54. The van der Waals surface area contributed by atoms with Crippen LogP contribution in [0.4, 0.5) is 4.79 Å². The zero-order valence-corrected chi connectivity index (χ0v) is 20.4. The van der Waals surface area contributed by atoms with E-state index in [1.54, 1.807) is 0 Å². The van der Waals surface area contributed by atoms with Gasteiger partial charge in [0.05, 0.1) is 0 Å². The molecule has 184 valence electrons. The van der Waals surface area contributed by atoms with Crippen LogP contribution in [0, 0.1) is 5.92 Å². The Morgan fingerprint density at radius 1 is 0.824 bits per heavy atom. The van der Waals surface area contributed by atoms with E-state index in [1.807, 2.05) is 74.5 Å². The van der Waals surface area contributed by atoms with Gasteiger partial charge in [-0.1, -0.05) is 87.9 Å². The Labute approximate surface area is 202 Å². The van der Waals surface area contributed by atoms with E-state index in [1.165, 1.54) is 0 Å². The summed E-state index contributed by atoms with van der Waals surface area (Å²) in [5, 5.41) is 8.43. The summed E-state index contributed by atoms with van der Waals surface area (Å²) in [6, 6.07) is 17.3. The first-order valence-electron chi connectivity index (χ1n) is 12.0. The molecular formula is C27H37N3O4. The molecule has 0 fully saturated rings. The third-order valence-electron chi connectivity index (χ3n) is 5.27. The predicted molar refractivity (Wildman–Crippen MR) is 133 cm³/mol. The van der Waals surface area contributed by atoms with E-state index in [2.05, 4.69) is 22.9 Å². The van der Waals surface area contributed by atoms with Crippen molar-refractivity contribution in [3.05, 3.63) is 71.8 Å². The molecule has 0 unspecified atom stereocenters. The Morgan fingerprint density at radius 3 is 2.03 bits per heavy atom. The van der Waals surface area contributed by atoms with Crippen LogP contribution in [-0.4, -0.2) is 36.5 Å². The highest BCUT2D eigenvalue weighted by atomic mass is 16.5. The molecule has 2 aromatic rings. The van der Waals surface area contributed by atoms with Gasteiger partial charge in [0.25, 0.3) is 0 Å². The minimum atomic E-state index is -0.815. The van der Waals surface area contributed by atoms with Crippen molar-refractivity contribution >= 4 is 17.9 Å². The number of carbonyl (C=O) groups is 3. The molecule has 0 saturated heterocycles. The highest BCUT2D eigenvalue weighted by Crippen LogP contribution is 2.09. The minimum absolute atomic E-state index is 0.110. The molecule has 0 bridgehead atoms. The summed E-state index contributed by atoms with van der Waals surface area (Å²) in [6.07, 6.45) is 1.93. The molecular weight excluding hydrogens is 430 g/mol. The lowest BCUT2D eigenvalue weighted by atomic mass is 10.0. The average molecular weight is 468 g/mol. The third kappa shape index (κ3) is 10.1. The van der Waals surface area contributed by atoms with E-state index in [9.17, 15) is 14.4 Å². The summed E-state index contributed by atoms with van der Waals surface area (Å²) in [4.78, 5) is 38.4. The average Bonchev–Trinajstić information content (AvgIpc) is 2.83. The second-order valence-electron chi connectivity index (χ2n) is 8.78. The molecule has 34 heavy (non-hydrogen) atoms. The standard InChI is InChI=1S/C27H37N3O4/c1-4-5-16-28-25(31)24(18-21-12-8-6-9-13-21)29-26(32)23(17-20(2)3)30-27(33)34-19-22-14-10-7-11-15-22/h6-15,20,23-24H,4-5,16-19H2,1-3H3,(H,28,31)(H,29,32)(H,30,33)/t23-,24-/m0/s1. The van der Waals surface area contributed by atoms with Gasteiger partial charge in [-0.3, -0.25) is 9.59 Å². The number of unbranched alkanes of at least 4 members (excludes halogenated alkanes) is 1. The molecule has 0 aliphatic heterocycles. The lowest BCUT2D eigenvalue weighted by Gasteiger charge is -2.24. The number of benzene rings is 2. The second-order valence-corrected chi connectivity index (χ2v) is 8.78. The van der Waals surface area contributed by atoms with E-state index in [0.29, 0.717) is 19.4 Å². The van der Waals surface area contributed by atoms with Gasteiger partial charge in [-0.15, -0.1) is 0 Å². The monoisotopic (exact) mass is 467 g/mol. The van der Waals surface area contributed by atoms with Gasteiger partial charge in [0.2, 0.25) is 11.8 Å². The second kappa shape index (κ2) is 14.7. The molecule has 2 atom stereocenters. The normalized spacial score (nSPS) is 12.5. The number of rotatable bonds is 13. The summed E-state index contributed by atoms with van der Waals surface area (Å²) >= 11 is 0. The van der Waals surface area contributed by atoms with Gasteiger partial charge in [-0.25, -0.2) is 4.79 Å². The van der Waals surface area contributed by atoms with E-state index >= 15 is 0 Å². The molecule has 3 N–H and O–H groups in total. The van der Waals surface area contributed by atoms with E-state index < -0.39 is 24.1 Å². The molecule has 0 saturated carbocycles. The summed E-state index contributed by atoms with van der Waals surface area (Å²) < 4.78 is 5.29. The van der Waals surface area contributed by atoms with Crippen LogP contribution < -0.4 is 16.0 Å². The zero-order valence-electron chi connectivity index (χ0n) is 20.4. The van der Waals surface area contributed by atoms with Gasteiger partial charge in [-0.2, -0.15) is 0 Å². The lowest BCUT2D eigenvalue weighted by molar-refractivity contribution is -0.130. The molecule has 0 spiro atoms. The van der Waals surface area contributed by atoms with Crippen molar-refractivity contribution in [2.24, 2.45) is 5.92 Å². The van der Waals surface area contributed by atoms with Crippen LogP contribution in [0.3, 0.4) is 0 Å². The Bertz CT molecular complexity index is 887. The number of hydrogen-bond donors (Lipinski definition) is 3. The quantitative estimate of drug-likeness (QED) is 0.388. The Kier molecular flexibility index (Phi) is 11.7. The summed E-state index contributed by atoms with van der Waals surface area (Å²) in [6.45, 7) is 6.65. The first kappa shape index (κ1) is 26.9. The molecule has 0 aromatic heterocycles. The number of alkyl carbamates (subject to hydrolysis) is 1. The van der Waals surface area contributed by atoms with Crippen LogP contribution >= 0.6 is 0 Å². The largest absolute Gasteiger partial charge is 0.445 e. The van der Waals surface area contributed by atoms with Crippen LogP contribution in [-0.2, 0) is 27.4 Å². The molecule has 7 nitrogen and oxygen atoms in total. The van der Waals surface area contributed by atoms with E-state index in [-0.39, 0.29) is 18.4 Å². The SMILES string of the molecule is CCCCNC(=O)[C@H](Cc1ccccc1)NC(=O)[C@H](CC(C)C)NC(=O)OCc1ccccc1. The summed E-state index contributed by atoms with van der Waals surface area (Å²) in [5.41, 5.74) is 1.79. The van der Waals surface area contributed by atoms with Gasteiger partial charge >= 0.3 is 6.09 Å². The van der Waals surface area contributed by atoms with Gasteiger partial charge in [-0.05, 0) is 29.9 Å². The number of nitrogens with one attached hydrogen (secondary N) is 3. The summed E-state index contributed by atoms with van der Waals surface area (Å²) in [7, 11) is 0. The van der Waals surface area contributed by atoms with Crippen molar-refractivity contribution in [2.45, 2.75) is 65.1 Å². The topological polar surface area (TPSA) is 96.5 Å². The number of hydrogen-bond acceptors (Lipinski definition) is 4. The first-order valence-corrected chi connectivity index (χ1v) is 12.0. The maximum absolute atomic E-state index is 13.2. The van der Waals surface area contributed by atoms with Crippen molar-refractivity contribution < 1.29 is 19.1 Å². The first-order chi connectivity index (χ1) is 16.4.